The number of pyridine rings is 1. The van der Waals surface area contributed by atoms with E-state index < -0.39 is 47.0 Å². The molecule has 9 heteroatoms. The predicted octanol–water partition coefficient (Wildman–Crippen LogP) is 4.59. The molecule has 7 nitrogen and oxygen atoms in total. The molecule has 0 fully saturated rings. The number of aromatic nitrogens is 1. The van der Waals surface area contributed by atoms with Crippen LogP contribution in [0.5, 0.6) is 5.75 Å². The van der Waals surface area contributed by atoms with E-state index in [-0.39, 0.29) is 24.4 Å². The van der Waals surface area contributed by atoms with Gasteiger partial charge in [0.2, 0.25) is 0 Å². The van der Waals surface area contributed by atoms with E-state index in [2.05, 4.69) is 23.3 Å². The highest BCUT2D eigenvalue weighted by molar-refractivity contribution is 5.90. The van der Waals surface area contributed by atoms with E-state index >= 15 is 0 Å². The number of nitrogens with one attached hydrogen (secondary N) is 1. The lowest BCUT2D eigenvalue weighted by molar-refractivity contribution is 0.0223. The van der Waals surface area contributed by atoms with E-state index in [9.17, 15) is 23.8 Å². The van der Waals surface area contributed by atoms with E-state index in [1.54, 1.807) is 0 Å². The molecule has 0 aliphatic heterocycles. The van der Waals surface area contributed by atoms with E-state index in [1.165, 1.54) is 29.8 Å². The molecule has 0 bridgehead atoms. The van der Waals surface area contributed by atoms with Gasteiger partial charge in [-0.15, -0.1) is 0 Å². The fourth-order valence-corrected chi connectivity index (χ4v) is 4.14. The van der Waals surface area contributed by atoms with Gasteiger partial charge in [-0.05, 0) is 59.2 Å². The molecule has 1 aromatic heterocycles. The third-order valence-electron chi connectivity index (χ3n) is 6.39. The van der Waals surface area contributed by atoms with Crippen molar-refractivity contribution in [3.63, 3.8) is 0 Å². The molecule has 0 aliphatic carbocycles. The Kier molecular flexibility index (Phi) is 10.1. The molecule has 210 valence electrons. The number of aliphatic hydroxyl groups excluding tert-OH is 1. The molecule has 0 radical (unpaired) electrons. The first-order chi connectivity index (χ1) is 18.4. The number of aliphatic hydroxyl groups is 1. The summed E-state index contributed by atoms with van der Waals surface area (Å²) in [6.07, 6.45) is -1.01. The van der Waals surface area contributed by atoms with Gasteiger partial charge in [0.25, 0.3) is 0 Å². The number of rotatable bonds is 11. The average molecular weight is 542 g/mol. The second-order valence-electron chi connectivity index (χ2n) is 10.8. The number of ether oxygens (including phenoxy) is 1. The molecule has 39 heavy (non-hydrogen) atoms. The maximum absolute atomic E-state index is 13.8. The van der Waals surface area contributed by atoms with Gasteiger partial charge in [0.15, 0.2) is 5.69 Å². The number of carbonyl (C=O) groups is 1. The predicted molar refractivity (Wildman–Crippen MR) is 145 cm³/mol. The fourth-order valence-electron chi connectivity index (χ4n) is 4.14. The molecule has 3 rings (SSSR count). The molecule has 0 saturated carbocycles. The average Bonchev–Trinajstić information content (AvgIpc) is 2.86. The Bertz CT molecular complexity index is 1260. The van der Waals surface area contributed by atoms with Gasteiger partial charge < -0.3 is 26.0 Å². The van der Waals surface area contributed by atoms with Crippen molar-refractivity contribution in [2.24, 2.45) is 11.1 Å². The van der Waals surface area contributed by atoms with Crippen LogP contribution >= 0.6 is 0 Å². The largest absolute Gasteiger partial charge is 0.505 e. The summed E-state index contributed by atoms with van der Waals surface area (Å²) in [6, 6.07) is 13.0. The standard InChI is InChI=1S/C30H37F2N3O4/c1-5-18-7-6-8-19(11-18)16-34-17-26(23(33)14-20-12-21(31)15-22(32)13-20)39-29(38)27-25(36)10-9-24(35-27)28(37)30(2,3)4/h6-13,15,23,26,28,34,36-37H,5,14,16-17,33H2,1-4H3/t23-,26?,28-/m0/s1. The van der Waals surface area contributed by atoms with Gasteiger partial charge in [0.05, 0.1) is 5.69 Å². The van der Waals surface area contributed by atoms with Gasteiger partial charge >= 0.3 is 5.97 Å². The Hall–Kier alpha value is -3.40. The highest BCUT2D eigenvalue weighted by atomic mass is 19.1. The summed E-state index contributed by atoms with van der Waals surface area (Å²) in [5, 5.41) is 24.2. The van der Waals surface area contributed by atoms with Crippen LogP contribution in [-0.2, 0) is 24.1 Å². The summed E-state index contributed by atoms with van der Waals surface area (Å²) in [5.74, 6) is -2.81. The number of benzene rings is 2. The quantitative estimate of drug-likeness (QED) is 0.262. The van der Waals surface area contributed by atoms with E-state index in [0.29, 0.717) is 12.1 Å². The molecule has 1 heterocycles. The van der Waals surface area contributed by atoms with Crippen molar-refractivity contribution in [2.45, 2.75) is 65.3 Å². The smallest absolute Gasteiger partial charge is 0.361 e. The lowest BCUT2D eigenvalue weighted by Crippen LogP contribution is -2.46. The van der Waals surface area contributed by atoms with Crippen LogP contribution in [0.25, 0.3) is 0 Å². The SMILES string of the molecule is CCc1cccc(CNCC(OC(=O)c2nc([C@H](O)C(C)(C)C)ccc2O)[C@@H](N)Cc2cc(F)cc(F)c2)c1. The van der Waals surface area contributed by atoms with Crippen LogP contribution in [0.1, 0.15) is 66.7 Å². The minimum Gasteiger partial charge on any atom is -0.505 e. The monoisotopic (exact) mass is 541 g/mol. The minimum absolute atomic E-state index is 0.0296. The van der Waals surface area contributed by atoms with E-state index in [1.807, 2.05) is 39.0 Å². The van der Waals surface area contributed by atoms with E-state index in [4.69, 9.17) is 10.5 Å². The fraction of sp³-hybridized carbons (Fsp3) is 0.400. The molecular weight excluding hydrogens is 504 g/mol. The van der Waals surface area contributed by atoms with Gasteiger partial charge in [-0.2, -0.15) is 0 Å². The summed E-state index contributed by atoms with van der Waals surface area (Å²) in [6.45, 7) is 8.12. The number of halogens is 2. The van der Waals surface area contributed by atoms with Gasteiger partial charge in [-0.25, -0.2) is 18.6 Å². The number of nitrogens with zero attached hydrogens (tertiary/aromatic N) is 1. The Labute approximate surface area is 228 Å². The normalized spacial score (nSPS) is 14.1. The van der Waals surface area contributed by atoms with Gasteiger partial charge in [-0.1, -0.05) is 52.0 Å². The zero-order valence-corrected chi connectivity index (χ0v) is 22.7. The van der Waals surface area contributed by atoms with Crippen LogP contribution in [0.2, 0.25) is 0 Å². The lowest BCUT2D eigenvalue weighted by Gasteiger charge is -2.26. The van der Waals surface area contributed by atoms with Crippen molar-refractivity contribution in [1.82, 2.24) is 10.3 Å². The third-order valence-corrected chi connectivity index (χ3v) is 6.39. The molecule has 3 aromatic rings. The van der Waals surface area contributed by atoms with E-state index in [0.717, 1.165) is 18.1 Å². The van der Waals surface area contributed by atoms with Gasteiger partial charge in [0.1, 0.15) is 29.6 Å². The highest BCUT2D eigenvalue weighted by Crippen LogP contribution is 2.32. The van der Waals surface area contributed by atoms with Crippen molar-refractivity contribution >= 4 is 5.97 Å². The number of esters is 1. The molecule has 3 atom stereocenters. The number of aryl methyl sites for hydroxylation is 1. The number of carbonyl (C=O) groups excluding carboxylic acids is 1. The summed E-state index contributed by atoms with van der Waals surface area (Å²) in [7, 11) is 0. The zero-order valence-electron chi connectivity index (χ0n) is 22.7. The van der Waals surface area contributed by atoms with Crippen LogP contribution in [0.3, 0.4) is 0 Å². The summed E-state index contributed by atoms with van der Waals surface area (Å²) in [4.78, 5) is 17.3. The molecule has 5 N–H and O–H groups in total. The van der Waals surface area contributed by atoms with Crippen LogP contribution in [0, 0.1) is 17.0 Å². The van der Waals surface area contributed by atoms with Crippen LogP contribution in [0.15, 0.2) is 54.6 Å². The van der Waals surface area contributed by atoms with Crippen molar-refractivity contribution in [3.8, 4) is 5.75 Å². The number of hydrogen-bond donors (Lipinski definition) is 4. The molecule has 1 unspecified atom stereocenters. The highest BCUT2D eigenvalue weighted by Gasteiger charge is 2.29. The summed E-state index contributed by atoms with van der Waals surface area (Å²) >= 11 is 0. The third kappa shape index (κ3) is 8.54. The lowest BCUT2D eigenvalue weighted by atomic mass is 9.87. The van der Waals surface area contributed by atoms with Crippen molar-refractivity contribution in [3.05, 3.63) is 94.3 Å². The topological polar surface area (TPSA) is 118 Å². The Morgan fingerprint density at radius 3 is 2.36 bits per heavy atom. The molecule has 0 aliphatic rings. The van der Waals surface area contributed by atoms with Crippen molar-refractivity contribution in [1.29, 1.82) is 0 Å². The Morgan fingerprint density at radius 2 is 1.72 bits per heavy atom. The molecule has 0 spiro atoms. The minimum atomic E-state index is -0.994. The first-order valence-electron chi connectivity index (χ1n) is 13.0. The maximum Gasteiger partial charge on any atom is 0.361 e. The first kappa shape index (κ1) is 30.1. The molecule has 0 amide bonds. The van der Waals surface area contributed by atoms with Crippen LogP contribution < -0.4 is 11.1 Å². The first-order valence-corrected chi connectivity index (χ1v) is 13.0. The van der Waals surface area contributed by atoms with Gasteiger partial charge in [0, 0.05) is 25.2 Å². The second kappa shape index (κ2) is 13.1. The van der Waals surface area contributed by atoms with Gasteiger partial charge in [-0.3, -0.25) is 0 Å². The number of aromatic hydroxyl groups is 1. The Balaban J connectivity index is 1.81. The number of hydrogen-bond acceptors (Lipinski definition) is 7. The molecule has 0 saturated heterocycles. The van der Waals surface area contributed by atoms with Crippen molar-refractivity contribution in [2.75, 3.05) is 6.54 Å². The number of nitrogens with two attached hydrogens (primary N) is 1. The summed E-state index contributed by atoms with van der Waals surface area (Å²) in [5.41, 5.74) is 8.20. The van der Waals surface area contributed by atoms with Crippen molar-refractivity contribution < 1.29 is 28.5 Å². The summed E-state index contributed by atoms with van der Waals surface area (Å²) < 4.78 is 33.2. The molecular formula is C30H37F2N3O4. The maximum atomic E-state index is 13.8. The van der Waals surface area contributed by atoms with Crippen LogP contribution in [0.4, 0.5) is 8.78 Å². The molecule has 2 aromatic carbocycles. The zero-order chi connectivity index (χ0) is 28.7. The Morgan fingerprint density at radius 1 is 1.05 bits per heavy atom. The van der Waals surface area contributed by atoms with Crippen LogP contribution in [-0.4, -0.2) is 39.9 Å². The second-order valence-corrected chi connectivity index (χ2v) is 10.8.